The molecule has 1 aromatic rings. The number of rotatable bonds is 3. The second kappa shape index (κ2) is 5.61. The minimum atomic E-state index is 0.245. The van der Waals surface area contributed by atoms with Crippen LogP contribution in [0.3, 0.4) is 0 Å². The minimum absolute atomic E-state index is 0.245. The Balaban J connectivity index is 1.69. The van der Waals surface area contributed by atoms with Crippen LogP contribution < -0.4 is 4.90 Å². The molecule has 0 N–H and O–H groups in total. The summed E-state index contributed by atoms with van der Waals surface area (Å²) in [6, 6.07) is 0. The molecule has 0 saturated heterocycles. The fourth-order valence-corrected chi connectivity index (χ4v) is 4.34. The molecule has 0 unspecified atom stereocenters. The largest absolute Gasteiger partial charge is 0.351 e. The molecule has 2 aliphatic carbocycles. The van der Waals surface area contributed by atoms with Gasteiger partial charge in [0.2, 0.25) is 0 Å². The molecule has 1 fully saturated rings. The van der Waals surface area contributed by atoms with Gasteiger partial charge in [-0.3, -0.25) is 4.79 Å². The van der Waals surface area contributed by atoms with Gasteiger partial charge in [0, 0.05) is 24.9 Å². The Morgan fingerprint density at radius 1 is 1.21 bits per heavy atom. The molecule has 0 aliphatic heterocycles. The van der Waals surface area contributed by atoms with Crippen LogP contribution in [0, 0.1) is 5.92 Å². The molecule has 0 amide bonds. The lowest BCUT2D eigenvalue weighted by atomic mass is 9.89. The number of thiazole rings is 1. The topological polar surface area (TPSA) is 33.2 Å². The molecule has 3 nitrogen and oxygen atoms in total. The van der Waals surface area contributed by atoms with Gasteiger partial charge in [-0.15, -0.1) is 11.3 Å². The monoisotopic (exact) mass is 278 g/mol. The summed E-state index contributed by atoms with van der Waals surface area (Å²) in [5, 5.41) is 1.05. The third kappa shape index (κ3) is 2.83. The van der Waals surface area contributed by atoms with Crippen molar-refractivity contribution in [2.75, 3.05) is 18.5 Å². The van der Waals surface area contributed by atoms with Crippen LogP contribution in [0.5, 0.6) is 0 Å². The predicted molar refractivity (Wildman–Crippen MR) is 79.2 cm³/mol. The molecule has 0 spiro atoms. The van der Waals surface area contributed by atoms with Crippen molar-refractivity contribution in [3.8, 4) is 0 Å². The molecule has 104 valence electrons. The van der Waals surface area contributed by atoms with Crippen molar-refractivity contribution in [1.29, 1.82) is 0 Å². The maximum Gasteiger partial charge on any atom is 0.185 e. The number of hydrogen-bond donors (Lipinski definition) is 0. The Bertz CT molecular complexity index is 463. The highest BCUT2D eigenvalue weighted by Gasteiger charge is 2.24. The smallest absolute Gasteiger partial charge is 0.185 e. The maximum atomic E-state index is 11.8. The average molecular weight is 278 g/mol. The van der Waals surface area contributed by atoms with Gasteiger partial charge in [0.05, 0.1) is 0 Å². The quantitative estimate of drug-likeness (QED) is 0.845. The highest BCUT2D eigenvalue weighted by atomic mass is 32.1. The molecule has 2 aliphatic rings. The van der Waals surface area contributed by atoms with Crippen LogP contribution >= 0.6 is 11.3 Å². The minimum Gasteiger partial charge on any atom is -0.351 e. The van der Waals surface area contributed by atoms with Gasteiger partial charge in [-0.1, -0.05) is 19.3 Å². The number of fused-ring (bicyclic) bond motifs is 1. The molecule has 1 aromatic heterocycles. The number of carbonyl (C=O) groups is 1. The number of ketones is 1. The van der Waals surface area contributed by atoms with Gasteiger partial charge in [-0.2, -0.15) is 0 Å². The molecule has 19 heavy (non-hydrogen) atoms. The summed E-state index contributed by atoms with van der Waals surface area (Å²) in [6.07, 6.45) is 9.60. The Hall–Kier alpha value is -0.900. The van der Waals surface area contributed by atoms with Crippen molar-refractivity contribution < 1.29 is 4.79 Å². The Morgan fingerprint density at radius 3 is 2.74 bits per heavy atom. The normalized spacial score (nSPS) is 20.4. The number of anilines is 1. The molecule has 0 bridgehead atoms. The van der Waals surface area contributed by atoms with E-state index in [4.69, 9.17) is 0 Å². The first kappa shape index (κ1) is 13.1. The summed E-state index contributed by atoms with van der Waals surface area (Å²) >= 11 is 1.73. The van der Waals surface area contributed by atoms with Crippen LogP contribution in [0.15, 0.2) is 0 Å². The number of nitrogens with zero attached hydrogens (tertiary/aromatic N) is 2. The van der Waals surface area contributed by atoms with E-state index in [1.165, 1.54) is 37.0 Å². The Labute approximate surface area is 119 Å². The zero-order valence-electron chi connectivity index (χ0n) is 11.7. The van der Waals surface area contributed by atoms with Crippen LogP contribution in [-0.4, -0.2) is 24.4 Å². The lowest BCUT2D eigenvalue weighted by molar-refractivity contribution is 0.0968. The van der Waals surface area contributed by atoms with Crippen LogP contribution in [0.2, 0.25) is 0 Å². The average Bonchev–Trinajstić information content (AvgIpc) is 2.85. The van der Waals surface area contributed by atoms with E-state index in [2.05, 4.69) is 16.9 Å². The zero-order chi connectivity index (χ0) is 13.2. The Morgan fingerprint density at radius 2 is 2.00 bits per heavy atom. The van der Waals surface area contributed by atoms with Gasteiger partial charge in [0.15, 0.2) is 10.9 Å². The summed E-state index contributed by atoms with van der Waals surface area (Å²) in [5.74, 6) is 1.06. The van der Waals surface area contributed by atoms with Crippen molar-refractivity contribution in [3.63, 3.8) is 0 Å². The second-order valence-electron chi connectivity index (χ2n) is 5.93. The van der Waals surface area contributed by atoms with E-state index in [-0.39, 0.29) is 5.78 Å². The van der Waals surface area contributed by atoms with Gasteiger partial charge in [-0.05, 0) is 31.6 Å². The fraction of sp³-hybridized carbons (Fsp3) is 0.733. The van der Waals surface area contributed by atoms with Crippen LogP contribution in [0.25, 0.3) is 0 Å². The molecular weight excluding hydrogens is 256 g/mol. The molecule has 1 saturated carbocycles. The molecule has 0 radical (unpaired) electrons. The van der Waals surface area contributed by atoms with Crippen LogP contribution in [0.4, 0.5) is 5.13 Å². The summed E-state index contributed by atoms with van der Waals surface area (Å²) in [7, 11) is 2.13. The maximum absolute atomic E-state index is 11.8. The molecule has 1 heterocycles. The first-order chi connectivity index (χ1) is 9.24. The van der Waals surface area contributed by atoms with Crippen LogP contribution in [-0.2, 0) is 6.42 Å². The van der Waals surface area contributed by atoms with Crippen molar-refractivity contribution in [2.24, 2.45) is 5.92 Å². The third-order valence-electron chi connectivity index (χ3n) is 4.34. The third-order valence-corrected chi connectivity index (χ3v) is 5.57. The highest BCUT2D eigenvalue weighted by Crippen LogP contribution is 2.32. The summed E-state index contributed by atoms with van der Waals surface area (Å²) in [6.45, 7) is 1.10. The van der Waals surface area contributed by atoms with Gasteiger partial charge >= 0.3 is 0 Å². The molecule has 4 heteroatoms. The van der Waals surface area contributed by atoms with E-state index in [0.717, 1.165) is 36.1 Å². The lowest BCUT2D eigenvalue weighted by Crippen LogP contribution is -2.26. The first-order valence-corrected chi connectivity index (χ1v) is 8.29. The number of Topliss-reactive ketones (excluding diaryl/α,β-unsaturated/α-hetero) is 1. The lowest BCUT2D eigenvalue weighted by Gasteiger charge is -2.26. The van der Waals surface area contributed by atoms with Crippen molar-refractivity contribution in [2.45, 2.75) is 51.4 Å². The van der Waals surface area contributed by atoms with Crippen molar-refractivity contribution in [1.82, 2.24) is 4.98 Å². The highest BCUT2D eigenvalue weighted by molar-refractivity contribution is 7.16. The molecule has 0 atom stereocenters. The SMILES string of the molecule is CN(CC1CCCCC1)c1nc2c(s1)CCCC2=O. The van der Waals surface area contributed by atoms with Gasteiger partial charge < -0.3 is 4.90 Å². The predicted octanol–water partition coefficient (Wildman–Crippen LogP) is 3.68. The number of hydrogen-bond acceptors (Lipinski definition) is 4. The Kier molecular flexibility index (Phi) is 3.87. The van der Waals surface area contributed by atoms with E-state index >= 15 is 0 Å². The number of aryl methyl sites for hydroxylation is 1. The summed E-state index contributed by atoms with van der Waals surface area (Å²) < 4.78 is 0. The van der Waals surface area contributed by atoms with E-state index in [9.17, 15) is 4.79 Å². The summed E-state index contributed by atoms with van der Waals surface area (Å²) in [5.41, 5.74) is 0.766. The molecule has 0 aromatic carbocycles. The second-order valence-corrected chi connectivity index (χ2v) is 6.99. The van der Waals surface area contributed by atoms with Crippen LogP contribution in [0.1, 0.15) is 60.3 Å². The standard InChI is InChI=1S/C15H22N2OS/c1-17(10-11-6-3-2-4-7-11)15-16-14-12(18)8-5-9-13(14)19-15/h11H,2-10H2,1H3. The first-order valence-electron chi connectivity index (χ1n) is 7.48. The molecular formula is C15H22N2OS. The zero-order valence-corrected chi connectivity index (χ0v) is 12.5. The van der Waals surface area contributed by atoms with E-state index in [1.54, 1.807) is 11.3 Å². The van der Waals surface area contributed by atoms with Crippen molar-refractivity contribution in [3.05, 3.63) is 10.6 Å². The van der Waals surface area contributed by atoms with Gasteiger partial charge in [-0.25, -0.2) is 4.98 Å². The fourth-order valence-electron chi connectivity index (χ4n) is 3.25. The summed E-state index contributed by atoms with van der Waals surface area (Å²) in [4.78, 5) is 19.9. The van der Waals surface area contributed by atoms with Crippen molar-refractivity contribution >= 4 is 22.3 Å². The molecule has 3 rings (SSSR count). The van der Waals surface area contributed by atoms with Gasteiger partial charge in [0.25, 0.3) is 0 Å². The van der Waals surface area contributed by atoms with Gasteiger partial charge in [0.1, 0.15) is 5.69 Å². The van der Waals surface area contributed by atoms with E-state index in [1.807, 2.05) is 0 Å². The number of aromatic nitrogens is 1. The van der Waals surface area contributed by atoms with E-state index < -0.39 is 0 Å². The van der Waals surface area contributed by atoms with E-state index in [0.29, 0.717) is 6.42 Å². The number of carbonyl (C=O) groups excluding carboxylic acids is 1.